The molecule has 0 fully saturated rings. The normalized spacial score (nSPS) is 10.5. The molecule has 0 atom stereocenters. The number of methoxy groups -OCH3 is 1. The van der Waals surface area contributed by atoms with E-state index in [9.17, 15) is 14.9 Å². The summed E-state index contributed by atoms with van der Waals surface area (Å²) in [4.78, 5) is 23.1. The van der Waals surface area contributed by atoms with E-state index in [2.05, 4.69) is 21.2 Å². The molecule has 0 aliphatic heterocycles. The first-order valence-electron chi connectivity index (χ1n) is 7.78. The van der Waals surface area contributed by atoms with E-state index in [1.807, 2.05) is 30.3 Å². The van der Waals surface area contributed by atoms with Crippen LogP contribution < -0.4 is 10.1 Å². The van der Waals surface area contributed by atoms with Gasteiger partial charge in [0.15, 0.2) is 0 Å². The highest BCUT2D eigenvalue weighted by Crippen LogP contribution is 2.31. The minimum Gasteiger partial charge on any atom is -0.496 e. The van der Waals surface area contributed by atoms with Crippen LogP contribution in [0.25, 0.3) is 10.8 Å². The molecule has 6 nitrogen and oxygen atoms in total. The molecule has 0 heterocycles. The fraction of sp³-hybridized carbons (Fsp3) is 0.105. The Bertz CT molecular complexity index is 1000. The zero-order chi connectivity index (χ0) is 18.7. The molecule has 0 spiro atoms. The number of fused-ring (bicyclic) bond motifs is 1. The quantitative estimate of drug-likeness (QED) is 0.484. The SMILES string of the molecule is COc1ccc2cc(Br)ccc2c1CC(=O)Nc1ccccc1[N+](=O)[O-]. The van der Waals surface area contributed by atoms with E-state index < -0.39 is 4.92 Å². The van der Waals surface area contributed by atoms with Gasteiger partial charge in [0.25, 0.3) is 5.69 Å². The maximum Gasteiger partial charge on any atom is 0.292 e. The van der Waals surface area contributed by atoms with Gasteiger partial charge in [-0.05, 0) is 35.0 Å². The molecule has 0 radical (unpaired) electrons. The third kappa shape index (κ3) is 3.67. The van der Waals surface area contributed by atoms with Crippen LogP contribution in [0, 0.1) is 10.1 Å². The van der Waals surface area contributed by atoms with E-state index >= 15 is 0 Å². The Morgan fingerprint density at radius 2 is 1.96 bits per heavy atom. The Kier molecular flexibility index (Phi) is 5.18. The van der Waals surface area contributed by atoms with Crippen molar-refractivity contribution in [2.45, 2.75) is 6.42 Å². The van der Waals surface area contributed by atoms with Crippen molar-refractivity contribution in [3.05, 3.63) is 74.7 Å². The van der Waals surface area contributed by atoms with Gasteiger partial charge in [0.1, 0.15) is 11.4 Å². The zero-order valence-corrected chi connectivity index (χ0v) is 15.4. The number of nitrogens with one attached hydrogen (secondary N) is 1. The highest BCUT2D eigenvalue weighted by Gasteiger charge is 2.17. The lowest BCUT2D eigenvalue weighted by atomic mass is 10.0. The van der Waals surface area contributed by atoms with Gasteiger partial charge in [0.2, 0.25) is 5.91 Å². The van der Waals surface area contributed by atoms with Gasteiger partial charge >= 0.3 is 0 Å². The van der Waals surface area contributed by atoms with Crippen molar-refractivity contribution in [2.75, 3.05) is 12.4 Å². The van der Waals surface area contributed by atoms with Gasteiger partial charge in [-0.25, -0.2) is 0 Å². The van der Waals surface area contributed by atoms with Crippen molar-refractivity contribution in [1.29, 1.82) is 0 Å². The fourth-order valence-electron chi connectivity index (χ4n) is 2.81. The maximum atomic E-state index is 12.5. The number of halogens is 1. The van der Waals surface area contributed by atoms with E-state index in [-0.39, 0.29) is 23.7 Å². The first-order chi connectivity index (χ1) is 12.5. The average Bonchev–Trinajstić information content (AvgIpc) is 2.62. The number of nitro benzene ring substituents is 1. The third-order valence-corrected chi connectivity index (χ3v) is 4.48. The van der Waals surface area contributed by atoms with Crippen LogP contribution in [0.3, 0.4) is 0 Å². The predicted molar refractivity (Wildman–Crippen MR) is 104 cm³/mol. The van der Waals surface area contributed by atoms with Crippen LogP contribution in [-0.4, -0.2) is 17.9 Å². The van der Waals surface area contributed by atoms with E-state index in [1.54, 1.807) is 19.2 Å². The van der Waals surface area contributed by atoms with Crippen molar-refractivity contribution in [3.8, 4) is 5.75 Å². The van der Waals surface area contributed by atoms with Crippen molar-refractivity contribution in [1.82, 2.24) is 0 Å². The molecule has 132 valence electrons. The first kappa shape index (κ1) is 17.9. The van der Waals surface area contributed by atoms with Crippen LogP contribution in [0.2, 0.25) is 0 Å². The third-order valence-electron chi connectivity index (χ3n) is 3.98. The monoisotopic (exact) mass is 414 g/mol. The van der Waals surface area contributed by atoms with Crippen molar-refractivity contribution >= 4 is 44.0 Å². The first-order valence-corrected chi connectivity index (χ1v) is 8.57. The minimum absolute atomic E-state index is 0.0359. The molecule has 7 heteroatoms. The second-order valence-electron chi connectivity index (χ2n) is 5.61. The summed E-state index contributed by atoms with van der Waals surface area (Å²) in [5.74, 6) is 0.241. The topological polar surface area (TPSA) is 81.5 Å². The number of anilines is 1. The van der Waals surface area contributed by atoms with Crippen molar-refractivity contribution < 1.29 is 14.5 Å². The summed E-state index contributed by atoms with van der Waals surface area (Å²) in [5.41, 5.74) is 0.757. The summed E-state index contributed by atoms with van der Waals surface area (Å²) in [6.07, 6.45) is 0.0359. The highest BCUT2D eigenvalue weighted by molar-refractivity contribution is 9.10. The molecule has 0 aliphatic rings. The van der Waals surface area contributed by atoms with Gasteiger partial charge in [-0.1, -0.05) is 40.2 Å². The Morgan fingerprint density at radius 1 is 1.19 bits per heavy atom. The molecule has 0 aliphatic carbocycles. The number of rotatable bonds is 5. The van der Waals surface area contributed by atoms with Crippen LogP contribution in [-0.2, 0) is 11.2 Å². The molecule has 1 amide bonds. The van der Waals surface area contributed by atoms with Crippen LogP contribution in [0.15, 0.2) is 59.1 Å². The maximum absolute atomic E-state index is 12.5. The van der Waals surface area contributed by atoms with Gasteiger partial charge in [0, 0.05) is 16.1 Å². The zero-order valence-electron chi connectivity index (χ0n) is 13.9. The summed E-state index contributed by atoms with van der Waals surface area (Å²) < 4.78 is 6.33. The lowest BCUT2D eigenvalue weighted by molar-refractivity contribution is -0.383. The Hall–Kier alpha value is -2.93. The molecule has 0 saturated carbocycles. The highest BCUT2D eigenvalue weighted by atomic mass is 79.9. The number of ether oxygens (including phenoxy) is 1. The number of benzene rings is 3. The molecule has 0 saturated heterocycles. The van der Waals surface area contributed by atoms with Crippen molar-refractivity contribution in [2.24, 2.45) is 0 Å². The van der Waals surface area contributed by atoms with Crippen LogP contribution in [0.4, 0.5) is 11.4 Å². The summed E-state index contributed by atoms with van der Waals surface area (Å²) in [5, 5.41) is 15.6. The molecular weight excluding hydrogens is 400 g/mol. The number of carbonyl (C=O) groups is 1. The van der Waals surface area contributed by atoms with E-state index in [0.29, 0.717) is 5.75 Å². The van der Waals surface area contributed by atoms with E-state index in [4.69, 9.17) is 4.74 Å². The van der Waals surface area contributed by atoms with Crippen LogP contribution in [0.1, 0.15) is 5.56 Å². The molecule has 0 bridgehead atoms. The standard InChI is InChI=1S/C19H15BrN2O4/c1-26-18-9-6-12-10-13(20)7-8-14(12)15(18)11-19(23)21-16-4-2-3-5-17(16)22(24)25/h2-10H,11H2,1H3,(H,21,23). The Labute approximate surface area is 158 Å². The lowest BCUT2D eigenvalue weighted by Crippen LogP contribution is -2.16. The second kappa shape index (κ2) is 7.53. The van der Waals surface area contributed by atoms with Gasteiger partial charge in [-0.2, -0.15) is 0 Å². The Morgan fingerprint density at radius 3 is 2.69 bits per heavy atom. The number of hydrogen-bond acceptors (Lipinski definition) is 4. The van der Waals surface area contributed by atoms with E-state index in [1.165, 1.54) is 12.1 Å². The van der Waals surface area contributed by atoms with Crippen molar-refractivity contribution in [3.63, 3.8) is 0 Å². The second-order valence-corrected chi connectivity index (χ2v) is 6.53. The predicted octanol–water partition coefficient (Wildman–Crippen LogP) is 4.70. The summed E-state index contributed by atoms with van der Waals surface area (Å²) >= 11 is 3.43. The number of carbonyl (C=O) groups excluding carboxylic acids is 1. The molecule has 1 N–H and O–H groups in total. The molecule has 0 unspecified atom stereocenters. The van der Waals surface area contributed by atoms with Gasteiger partial charge in [-0.15, -0.1) is 0 Å². The molecule has 26 heavy (non-hydrogen) atoms. The van der Waals surface area contributed by atoms with E-state index in [0.717, 1.165) is 20.8 Å². The number of nitro groups is 1. The van der Waals surface area contributed by atoms with Gasteiger partial charge in [-0.3, -0.25) is 14.9 Å². The number of hydrogen-bond donors (Lipinski definition) is 1. The molecule has 3 rings (SSSR count). The van der Waals surface area contributed by atoms with Gasteiger partial charge < -0.3 is 10.1 Å². The summed E-state index contributed by atoms with van der Waals surface area (Å²) in [6, 6.07) is 15.5. The molecule has 3 aromatic carbocycles. The minimum atomic E-state index is -0.522. The summed E-state index contributed by atoms with van der Waals surface area (Å²) in [6.45, 7) is 0. The average molecular weight is 415 g/mol. The number of para-hydroxylation sites is 2. The van der Waals surface area contributed by atoms with Gasteiger partial charge in [0.05, 0.1) is 18.5 Å². The molecule has 3 aromatic rings. The lowest BCUT2D eigenvalue weighted by Gasteiger charge is -2.13. The fourth-order valence-corrected chi connectivity index (χ4v) is 3.19. The van der Waals surface area contributed by atoms with Crippen LogP contribution >= 0.6 is 15.9 Å². The molecular formula is C19H15BrN2O4. The number of amides is 1. The Balaban J connectivity index is 1.94. The number of nitrogens with zero attached hydrogens (tertiary/aromatic N) is 1. The molecule has 0 aromatic heterocycles. The smallest absolute Gasteiger partial charge is 0.292 e. The van der Waals surface area contributed by atoms with Crippen LogP contribution in [0.5, 0.6) is 5.75 Å². The summed E-state index contributed by atoms with van der Waals surface area (Å²) in [7, 11) is 1.55. The largest absolute Gasteiger partial charge is 0.496 e.